The second-order valence-corrected chi connectivity index (χ2v) is 8.13. The molecule has 1 aromatic rings. The van der Waals surface area contributed by atoms with Crippen LogP contribution in [0.5, 0.6) is 0 Å². The molecular weight excluding hydrogens is 477 g/mol. The van der Waals surface area contributed by atoms with E-state index in [1.807, 2.05) is 12.1 Å². The highest BCUT2D eigenvalue weighted by Gasteiger charge is 2.35. The molecule has 1 saturated heterocycles. The number of nitrogens with zero attached hydrogens (tertiary/aromatic N) is 3. The number of halogens is 2. The molecule has 1 aliphatic heterocycles. The minimum absolute atomic E-state index is 0. The second-order valence-electron chi connectivity index (χ2n) is 7.73. The number of guanidine groups is 1. The van der Waals surface area contributed by atoms with E-state index in [0.717, 1.165) is 57.1 Å². The van der Waals surface area contributed by atoms with Gasteiger partial charge in [0.25, 0.3) is 0 Å². The van der Waals surface area contributed by atoms with Crippen molar-refractivity contribution in [3.63, 3.8) is 0 Å². The molecule has 6 nitrogen and oxygen atoms in total. The van der Waals surface area contributed by atoms with Crippen molar-refractivity contribution in [1.29, 1.82) is 0 Å². The monoisotopic (exact) mass is 507 g/mol. The van der Waals surface area contributed by atoms with E-state index in [4.69, 9.17) is 11.6 Å². The Kier molecular flexibility index (Phi) is 8.42. The minimum atomic E-state index is -0.241. The Bertz CT molecular complexity index is 646. The molecule has 1 saturated carbocycles. The van der Waals surface area contributed by atoms with Crippen LogP contribution >= 0.6 is 35.6 Å². The summed E-state index contributed by atoms with van der Waals surface area (Å²) in [5.41, 5.74) is -0.0843. The Labute approximate surface area is 184 Å². The summed E-state index contributed by atoms with van der Waals surface area (Å²) in [6.45, 7) is 4.66. The van der Waals surface area contributed by atoms with Gasteiger partial charge in [-0.3, -0.25) is 4.99 Å². The SMILES string of the molecule is CN=C(NCC1(C)CCCCC1O)NC1CCN(c2ncccc2Cl)C1.I. The van der Waals surface area contributed by atoms with Crippen LogP contribution in [0, 0.1) is 5.41 Å². The molecule has 3 atom stereocenters. The first-order valence-electron chi connectivity index (χ1n) is 9.52. The largest absolute Gasteiger partial charge is 0.392 e. The molecule has 3 rings (SSSR count). The lowest BCUT2D eigenvalue weighted by atomic mass is 9.73. The van der Waals surface area contributed by atoms with Crippen molar-refractivity contribution in [2.45, 2.75) is 51.2 Å². The lowest BCUT2D eigenvalue weighted by Gasteiger charge is -2.39. The molecule has 0 spiro atoms. The lowest BCUT2D eigenvalue weighted by molar-refractivity contribution is 0.00396. The number of pyridine rings is 1. The topological polar surface area (TPSA) is 72.8 Å². The van der Waals surface area contributed by atoms with Crippen molar-refractivity contribution in [3.05, 3.63) is 23.4 Å². The number of hydrogen-bond donors (Lipinski definition) is 3. The van der Waals surface area contributed by atoms with Crippen LogP contribution in [0.25, 0.3) is 0 Å². The predicted molar refractivity (Wildman–Crippen MR) is 122 cm³/mol. The van der Waals surface area contributed by atoms with Crippen LogP contribution in [0.2, 0.25) is 5.02 Å². The van der Waals surface area contributed by atoms with Gasteiger partial charge in [-0.25, -0.2) is 4.98 Å². The highest BCUT2D eigenvalue weighted by Crippen LogP contribution is 2.35. The zero-order valence-electron chi connectivity index (χ0n) is 16.1. The minimum Gasteiger partial charge on any atom is -0.392 e. The normalized spacial score (nSPS) is 28.6. The van der Waals surface area contributed by atoms with E-state index in [2.05, 4.69) is 32.4 Å². The quantitative estimate of drug-likeness (QED) is 0.332. The van der Waals surface area contributed by atoms with Gasteiger partial charge in [-0.1, -0.05) is 31.4 Å². The molecule has 2 heterocycles. The third-order valence-corrected chi connectivity index (χ3v) is 6.03. The zero-order valence-corrected chi connectivity index (χ0v) is 19.2. The molecule has 8 heteroatoms. The van der Waals surface area contributed by atoms with Crippen molar-refractivity contribution in [2.24, 2.45) is 10.4 Å². The second kappa shape index (κ2) is 10.1. The molecular formula is C19H31ClIN5O. The van der Waals surface area contributed by atoms with E-state index in [-0.39, 0.29) is 35.5 Å². The fourth-order valence-corrected chi connectivity index (χ4v) is 4.18. The first kappa shape index (κ1) is 22.5. The van der Waals surface area contributed by atoms with Crippen molar-refractivity contribution in [2.75, 3.05) is 31.6 Å². The van der Waals surface area contributed by atoms with Crippen LogP contribution in [0.15, 0.2) is 23.3 Å². The van der Waals surface area contributed by atoms with Crippen LogP contribution in [-0.4, -0.2) is 54.9 Å². The highest BCUT2D eigenvalue weighted by molar-refractivity contribution is 14.0. The van der Waals surface area contributed by atoms with Crippen LogP contribution in [-0.2, 0) is 0 Å². The summed E-state index contributed by atoms with van der Waals surface area (Å²) >= 11 is 6.27. The average Bonchev–Trinajstić information content (AvgIpc) is 3.10. The first-order valence-corrected chi connectivity index (χ1v) is 9.90. The fraction of sp³-hybridized carbons (Fsp3) is 0.684. The molecule has 0 radical (unpaired) electrons. The maximum absolute atomic E-state index is 10.4. The molecule has 27 heavy (non-hydrogen) atoms. The number of aliphatic imine (C=N–C) groups is 1. The van der Waals surface area contributed by atoms with Gasteiger partial charge >= 0.3 is 0 Å². The van der Waals surface area contributed by atoms with Crippen LogP contribution in [0.1, 0.15) is 39.0 Å². The number of aliphatic hydroxyl groups excluding tert-OH is 1. The zero-order chi connectivity index (χ0) is 18.6. The van der Waals surface area contributed by atoms with Gasteiger partial charge in [-0.15, -0.1) is 24.0 Å². The Morgan fingerprint density at radius 3 is 2.96 bits per heavy atom. The van der Waals surface area contributed by atoms with Crippen LogP contribution < -0.4 is 15.5 Å². The van der Waals surface area contributed by atoms with Gasteiger partial charge in [0.15, 0.2) is 5.96 Å². The number of rotatable bonds is 4. The van der Waals surface area contributed by atoms with E-state index in [1.165, 1.54) is 6.42 Å². The Balaban J connectivity index is 0.00000261. The average molecular weight is 508 g/mol. The molecule has 2 fully saturated rings. The third-order valence-electron chi connectivity index (χ3n) is 5.73. The number of aliphatic hydroxyl groups is 1. The Morgan fingerprint density at radius 2 is 2.26 bits per heavy atom. The van der Waals surface area contributed by atoms with Gasteiger partial charge in [0, 0.05) is 44.3 Å². The lowest BCUT2D eigenvalue weighted by Crippen LogP contribution is -2.50. The van der Waals surface area contributed by atoms with Crippen LogP contribution in [0.3, 0.4) is 0 Å². The van der Waals surface area contributed by atoms with Gasteiger partial charge in [0.1, 0.15) is 5.82 Å². The van der Waals surface area contributed by atoms with E-state index in [9.17, 15) is 5.11 Å². The third kappa shape index (κ3) is 5.60. The summed E-state index contributed by atoms with van der Waals surface area (Å²) in [5, 5.41) is 18.0. The molecule has 2 aliphatic rings. The van der Waals surface area contributed by atoms with Crippen molar-refractivity contribution in [1.82, 2.24) is 15.6 Å². The smallest absolute Gasteiger partial charge is 0.191 e. The first-order chi connectivity index (χ1) is 12.5. The molecule has 1 aromatic heterocycles. The molecule has 152 valence electrons. The number of nitrogens with one attached hydrogen (secondary N) is 2. The molecule has 3 unspecified atom stereocenters. The molecule has 3 N–H and O–H groups in total. The Morgan fingerprint density at radius 1 is 1.44 bits per heavy atom. The van der Waals surface area contributed by atoms with Gasteiger partial charge in [-0.05, 0) is 31.4 Å². The van der Waals surface area contributed by atoms with E-state index >= 15 is 0 Å². The maximum atomic E-state index is 10.4. The maximum Gasteiger partial charge on any atom is 0.191 e. The number of aromatic nitrogens is 1. The van der Waals surface area contributed by atoms with E-state index in [0.29, 0.717) is 11.1 Å². The summed E-state index contributed by atoms with van der Waals surface area (Å²) in [5.74, 6) is 1.64. The molecule has 0 amide bonds. The van der Waals surface area contributed by atoms with Gasteiger partial charge in [0.05, 0.1) is 11.1 Å². The molecule has 0 bridgehead atoms. The van der Waals surface area contributed by atoms with Crippen molar-refractivity contribution < 1.29 is 5.11 Å². The van der Waals surface area contributed by atoms with Gasteiger partial charge in [-0.2, -0.15) is 0 Å². The summed E-state index contributed by atoms with van der Waals surface area (Å²) in [6, 6.07) is 4.02. The van der Waals surface area contributed by atoms with Gasteiger partial charge < -0.3 is 20.6 Å². The standard InChI is InChI=1S/C19H30ClN5O.HI/c1-19(9-4-3-7-16(19)26)13-23-18(21-2)24-14-8-11-25(12-14)17-15(20)6-5-10-22-17;/h5-6,10,14,16,26H,3-4,7-9,11-13H2,1-2H3,(H2,21,23,24);1H. The molecule has 1 aliphatic carbocycles. The Hall–Kier alpha value is -0.800. The summed E-state index contributed by atoms with van der Waals surface area (Å²) in [6.07, 6.45) is 6.79. The summed E-state index contributed by atoms with van der Waals surface area (Å²) < 4.78 is 0. The summed E-state index contributed by atoms with van der Waals surface area (Å²) in [4.78, 5) is 11.0. The van der Waals surface area contributed by atoms with E-state index < -0.39 is 0 Å². The predicted octanol–water partition coefficient (Wildman–Crippen LogP) is 3.04. The fourth-order valence-electron chi connectivity index (χ4n) is 3.94. The van der Waals surface area contributed by atoms with E-state index in [1.54, 1.807) is 13.2 Å². The number of anilines is 1. The summed E-state index contributed by atoms with van der Waals surface area (Å²) in [7, 11) is 1.79. The molecule has 0 aromatic carbocycles. The highest BCUT2D eigenvalue weighted by atomic mass is 127. The van der Waals surface area contributed by atoms with Crippen molar-refractivity contribution >= 4 is 47.4 Å². The van der Waals surface area contributed by atoms with Crippen LogP contribution in [0.4, 0.5) is 5.82 Å². The van der Waals surface area contributed by atoms with Crippen molar-refractivity contribution in [3.8, 4) is 0 Å². The van der Waals surface area contributed by atoms with Gasteiger partial charge in [0.2, 0.25) is 0 Å². The number of hydrogen-bond acceptors (Lipinski definition) is 4.